The summed E-state index contributed by atoms with van der Waals surface area (Å²) in [5.41, 5.74) is 3.78. The Balaban J connectivity index is 1.59. The molecule has 0 radical (unpaired) electrons. The highest BCUT2D eigenvalue weighted by atomic mass is 16.3. The van der Waals surface area contributed by atoms with E-state index in [4.69, 9.17) is 0 Å². The smallest absolute Gasteiger partial charge is 0.222 e. The number of rotatable bonds is 5. The van der Waals surface area contributed by atoms with E-state index >= 15 is 0 Å². The van der Waals surface area contributed by atoms with Gasteiger partial charge < -0.3 is 14.9 Å². The third kappa shape index (κ3) is 4.70. The van der Waals surface area contributed by atoms with Crippen molar-refractivity contribution in [3.63, 3.8) is 0 Å². The molecule has 1 atom stereocenters. The maximum absolute atomic E-state index is 12.8. The third-order valence-electron chi connectivity index (χ3n) is 6.33. The van der Waals surface area contributed by atoms with Gasteiger partial charge in [0.1, 0.15) is 0 Å². The van der Waals surface area contributed by atoms with Gasteiger partial charge in [-0.3, -0.25) is 9.59 Å². The topological polar surface area (TPSA) is 60.9 Å². The van der Waals surface area contributed by atoms with E-state index < -0.39 is 0 Å². The molecule has 3 rings (SSSR count). The maximum atomic E-state index is 12.8. The molecule has 0 unspecified atom stereocenters. The van der Waals surface area contributed by atoms with Gasteiger partial charge in [0.15, 0.2) is 0 Å². The number of nitrogens with zero attached hydrogens (tertiary/aromatic N) is 2. The average molecular weight is 373 g/mol. The van der Waals surface area contributed by atoms with Gasteiger partial charge in [0, 0.05) is 44.4 Å². The fourth-order valence-electron chi connectivity index (χ4n) is 4.55. The minimum atomic E-state index is 0.000428. The predicted molar refractivity (Wildman–Crippen MR) is 105 cm³/mol. The Hall–Kier alpha value is -1.88. The Bertz CT molecular complexity index is 703. The minimum Gasteiger partial charge on any atom is -0.395 e. The summed E-state index contributed by atoms with van der Waals surface area (Å²) in [6, 6.07) is 6.42. The van der Waals surface area contributed by atoms with Crippen molar-refractivity contribution < 1.29 is 14.7 Å². The fraction of sp³-hybridized carbons (Fsp3) is 0.636. The molecule has 2 saturated heterocycles. The van der Waals surface area contributed by atoms with E-state index in [9.17, 15) is 14.7 Å². The molecule has 1 aromatic carbocycles. The third-order valence-corrected chi connectivity index (χ3v) is 6.33. The van der Waals surface area contributed by atoms with Crippen molar-refractivity contribution in [3.05, 3.63) is 34.9 Å². The number of amides is 2. The van der Waals surface area contributed by atoms with Crippen LogP contribution in [0.2, 0.25) is 0 Å². The van der Waals surface area contributed by atoms with Crippen LogP contribution >= 0.6 is 0 Å². The predicted octanol–water partition coefficient (Wildman–Crippen LogP) is 2.46. The van der Waals surface area contributed by atoms with Gasteiger partial charge in [-0.1, -0.05) is 18.2 Å². The second-order valence-corrected chi connectivity index (χ2v) is 8.38. The van der Waals surface area contributed by atoms with Crippen molar-refractivity contribution in [3.8, 4) is 0 Å². The van der Waals surface area contributed by atoms with Crippen molar-refractivity contribution >= 4 is 11.8 Å². The van der Waals surface area contributed by atoms with Crippen LogP contribution in [0.15, 0.2) is 18.2 Å². The van der Waals surface area contributed by atoms with Gasteiger partial charge in [-0.25, -0.2) is 0 Å². The monoisotopic (exact) mass is 372 g/mol. The van der Waals surface area contributed by atoms with Gasteiger partial charge in [-0.2, -0.15) is 0 Å². The molecule has 5 heteroatoms. The number of benzene rings is 1. The van der Waals surface area contributed by atoms with Crippen LogP contribution in [0.1, 0.15) is 48.8 Å². The first-order chi connectivity index (χ1) is 12.9. The standard InChI is InChI=1S/C22H32N2O3/c1-17-4-5-19(14-18(17)2)6-7-20(26)23-11-3-9-22(15-23)10-8-21(27)24(16-22)12-13-25/h4-5,14,25H,3,6-13,15-16H2,1-2H3/t22-/m1/s1. The molecule has 1 aromatic rings. The van der Waals surface area contributed by atoms with E-state index in [1.54, 1.807) is 4.90 Å². The summed E-state index contributed by atoms with van der Waals surface area (Å²) in [6.45, 7) is 6.86. The van der Waals surface area contributed by atoms with Crippen LogP contribution < -0.4 is 0 Å². The van der Waals surface area contributed by atoms with Crippen molar-refractivity contribution in [1.29, 1.82) is 0 Å². The van der Waals surface area contributed by atoms with Crippen molar-refractivity contribution in [1.82, 2.24) is 9.80 Å². The summed E-state index contributed by atoms with van der Waals surface area (Å²) in [5, 5.41) is 9.22. The lowest BCUT2D eigenvalue weighted by Gasteiger charge is -2.48. The van der Waals surface area contributed by atoms with E-state index in [0.717, 1.165) is 38.8 Å². The molecular formula is C22H32N2O3. The number of aliphatic hydroxyl groups excluding tert-OH is 1. The SMILES string of the molecule is Cc1ccc(CCC(=O)N2CCC[C@@]3(CCC(=O)N(CCO)C3)C2)cc1C. The van der Waals surface area contributed by atoms with Crippen molar-refractivity contribution in [2.75, 3.05) is 32.8 Å². The molecule has 2 fully saturated rings. The summed E-state index contributed by atoms with van der Waals surface area (Å²) in [4.78, 5) is 28.7. The first-order valence-corrected chi connectivity index (χ1v) is 10.1. The summed E-state index contributed by atoms with van der Waals surface area (Å²) < 4.78 is 0. The average Bonchev–Trinajstić information content (AvgIpc) is 2.66. The van der Waals surface area contributed by atoms with Gasteiger partial charge >= 0.3 is 0 Å². The zero-order valence-corrected chi connectivity index (χ0v) is 16.7. The molecule has 27 heavy (non-hydrogen) atoms. The number of piperidine rings is 2. The van der Waals surface area contributed by atoms with Crippen LogP contribution in [-0.4, -0.2) is 59.5 Å². The molecule has 1 spiro atoms. The fourth-order valence-corrected chi connectivity index (χ4v) is 4.55. The van der Waals surface area contributed by atoms with Gasteiger partial charge in [0.2, 0.25) is 11.8 Å². The molecule has 0 bridgehead atoms. The summed E-state index contributed by atoms with van der Waals surface area (Å²) in [5.74, 6) is 0.353. The molecule has 0 aliphatic carbocycles. The van der Waals surface area contributed by atoms with Gasteiger partial charge in [0.05, 0.1) is 6.61 Å². The number of aliphatic hydroxyl groups is 1. The number of hydrogen-bond acceptors (Lipinski definition) is 3. The highest BCUT2D eigenvalue weighted by molar-refractivity contribution is 5.78. The molecule has 2 heterocycles. The zero-order valence-electron chi connectivity index (χ0n) is 16.7. The van der Waals surface area contributed by atoms with Crippen molar-refractivity contribution in [2.24, 2.45) is 5.41 Å². The van der Waals surface area contributed by atoms with Crippen LogP contribution in [0.3, 0.4) is 0 Å². The molecule has 0 aromatic heterocycles. The van der Waals surface area contributed by atoms with Crippen LogP contribution in [0.5, 0.6) is 0 Å². The van der Waals surface area contributed by atoms with Crippen molar-refractivity contribution in [2.45, 2.75) is 52.4 Å². The molecule has 5 nitrogen and oxygen atoms in total. The number of carbonyl (C=O) groups is 2. The lowest BCUT2D eigenvalue weighted by molar-refractivity contribution is -0.143. The van der Waals surface area contributed by atoms with Crippen LogP contribution in [0.4, 0.5) is 0 Å². The normalized spacial score (nSPS) is 23.1. The Morgan fingerprint density at radius 2 is 2.00 bits per heavy atom. The number of aryl methyl sites for hydroxylation is 3. The number of likely N-dealkylation sites (tertiary alicyclic amines) is 2. The number of carbonyl (C=O) groups excluding carboxylic acids is 2. The lowest BCUT2D eigenvalue weighted by Crippen LogP contribution is -2.55. The Morgan fingerprint density at radius 1 is 1.19 bits per heavy atom. The van der Waals surface area contributed by atoms with Gasteiger partial charge in [0.25, 0.3) is 0 Å². The van der Waals surface area contributed by atoms with Crippen LogP contribution in [0.25, 0.3) is 0 Å². The second kappa shape index (κ2) is 8.42. The molecule has 1 N–H and O–H groups in total. The molecule has 2 aliphatic heterocycles. The summed E-state index contributed by atoms with van der Waals surface area (Å²) in [6.07, 6.45) is 4.76. The van der Waals surface area contributed by atoms with Crippen LogP contribution in [-0.2, 0) is 16.0 Å². The highest BCUT2D eigenvalue weighted by Gasteiger charge is 2.42. The van der Waals surface area contributed by atoms with Gasteiger partial charge in [-0.15, -0.1) is 0 Å². The largest absolute Gasteiger partial charge is 0.395 e. The molecule has 0 saturated carbocycles. The molecular weight excluding hydrogens is 340 g/mol. The molecule has 2 amide bonds. The maximum Gasteiger partial charge on any atom is 0.222 e. The number of β-amino-alcohol motifs (C(OH)–C–C–N with tert-alkyl or cyclic N) is 1. The quantitative estimate of drug-likeness (QED) is 0.864. The Morgan fingerprint density at radius 3 is 2.74 bits per heavy atom. The van der Waals surface area contributed by atoms with E-state index in [1.807, 2.05) is 4.90 Å². The minimum absolute atomic E-state index is 0.000428. The Labute approximate surface area is 162 Å². The lowest BCUT2D eigenvalue weighted by atomic mass is 9.73. The summed E-state index contributed by atoms with van der Waals surface area (Å²) >= 11 is 0. The highest BCUT2D eigenvalue weighted by Crippen LogP contribution is 2.39. The van der Waals surface area contributed by atoms with E-state index in [1.165, 1.54) is 16.7 Å². The first kappa shape index (κ1) is 19.9. The second-order valence-electron chi connectivity index (χ2n) is 8.38. The molecule has 148 valence electrons. The van der Waals surface area contributed by atoms with Gasteiger partial charge in [-0.05, 0) is 56.2 Å². The first-order valence-electron chi connectivity index (χ1n) is 10.1. The van der Waals surface area contributed by atoms with E-state index in [0.29, 0.717) is 25.9 Å². The van der Waals surface area contributed by atoms with E-state index in [2.05, 4.69) is 32.0 Å². The zero-order chi connectivity index (χ0) is 19.4. The summed E-state index contributed by atoms with van der Waals surface area (Å²) in [7, 11) is 0. The Kier molecular flexibility index (Phi) is 6.20. The molecule has 2 aliphatic rings. The van der Waals surface area contributed by atoms with Crippen LogP contribution in [0, 0.1) is 19.3 Å². The van der Waals surface area contributed by atoms with E-state index in [-0.39, 0.29) is 23.8 Å². The number of hydrogen-bond donors (Lipinski definition) is 1.